The Morgan fingerprint density at radius 1 is 1.17 bits per heavy atom. The number of halogens is 1. The Hall–Kier alpha value is -1.70. The van der Waals surface area contributed by atoms with E-state index in [2.05, 4.69) is 54.9 Å². The van der Waals surface area contributed by atoms with Gasteiger partial charge in [0.1, 0.15) is 5.75 Å². The fourth-order valence-corrected chi connectivity index (χ4v) is 4.10. The number of rotatable bonds is 6. The molecule has 0 saturated carbocycles. The molecule has 0 bridgehead atoms. The van der Waals surface area contributed by atoms with E-state index in [-0.39, 0.29) is 11.1 Å². The summed E-state index contributed by atoms with van der Waals surface area (Å²) < 4.78 is 15.1. The molecule has 0 atom stereocenters. The number of hydrogen-bond donors (Lipinski definition) is 0. The van der Waals surface area contributed by atoms with Crippen LogP contribution >= 0.6 is 15.9 Å². The maximum Gasteiger partial charge on any atom is 0.192 e. The summed E-state index contributed by atoms with van der Waals surface area (Å²) in [4.78, 5) is 4.81. The minimum absolute atomic E-state index is 0.0878. The molecule has 3 aromatic rings. The van der Waals surface area contributed by atoms with Crippen LogP contribution in [0.25, 0.3) is 16.7 Å². The highest BCUT2D eigenvalue weighted by molar-refractivity contribution is 9.10. The molecular formula is C22H30BrN3O2Si. The first-order valence-corrected chi connectivity index (χ1v) is 13.6. The Morgan fingerprint density at radius 3 is 2.55 bits per heavy atom. The second-order valence-corrected chi connectivity index (χ2v) is 14.8. The SMILES string of the molecule is CC(C)Oc1cc(Br)cc2c1cnn2-c1cccc(CO[Si](C)(C)C(C)(C)C)n1. The molecule has 0 unspecified atom stereocenters. The number of benzene rings is 1. The largest absolute Gasteiger partial charge is 0.490 e. The molecule has 0 aliphatic heterocycles. The molecule has 0 aliphatic carbocycles. The summed E-state index contributed by atoms with van der Waals surface area (Å²) in [6.45, 7) is 15.8. The zero-order valence-electron chi connectivity index (χ0n) is 18.3. The first-order valence-electron chi connectivity index (χ1n) is 9.92. The standard InChI is InChI=1S/C22H30BrN3O2Si/c1-15(2)28-20-12-16(23)11-19-18(20)13-24-26(19)21-10-8-9-17(25-21)14-27-29(6,7)22(3,4)5/h8-13,15H,14H2,1-7H3. The maximum atomic E-state index is 6.34. The van der Waals surface area contributed by atoms with Crippen LogP contribution in [0.3, 0.4) is 0 Å². The average Bonchev–Trinajstić information content (AvgIpc) is 3.03. The van der Waals surface area contributed by atoms with Gasteiger partial charge in [0, 0.05) is 4.47 Å². The lowest BCUT2D eigenvalue weighted by molar-refractivity contribution is 0.245. The van der Waals surface area contributed by atoms with Gasteiger partial charge in [0.15, 0.2) is 14.1 Å². The molecule has 156 valence electrons. The van der Waals surface area contributed by atoms with Crippen LogP contribution in [0.5, 0.6) is 5.75 Å². The van der Waals surface area contributed by atoms with Crippen molar-refractivity contribution >= 4 is 35.2 Å². The summed E-state index contributed by atoms with van der Waals surface area (Å²) in [5.74, 6) is 1.58. The van der Waals surface area contributed by atoms with Crippen LogP contribution in [-0.4, -0.2) is 29.2 Å². The van der Waals surface area contributed by atoms with Crippen molar-refractivity contribution < 1.29 is 9.16 Å². The summed E-state index contributed by atoms with van der Waals surface area (Å²) in [5.41, 5.74) is 1.86. The van der Waals surface area contributed by atoms with Gasteiger partial charge in [0.05, 0.1) is 35.5 Å². The van der Waals surface area contributed by atoms with E-state index in [1.807, 2.05) is 55.1 Å². The average molecular weight is 476 g/mol. The normalized spacial score (nSPS) is 12.7. The zero-order chi connectivity index (χ0) is 21.4. The molecule has 0 radical (unpaired) electrons. The minimum atomic E-state index is -1.83. The van der Waals surface area contributed by atoms with Gasteiger partial charge in [0.25, 0.3) is 0 Å². The molecule has 0 saturated heterocycles. The molecule has 5 nitrogen and oxygen atoms in total. The molecule has 3 rings (SSSR count). The van der Waals surface area contributed by atoms with Gasteiger partial charge in [-0.05, 0) is 56.2 Å². The van der Waals surface area contributed by atoms with Gasteiger partial charge in [-0.2, -0.15) is 5.10 Å². The smallest absolute Gasteiger partial charge is 0.192 e. The maximum absolute atomic E-state index is 6.34. The van der Waals surface area contributed by atoms with E-state index in [1.54, 1.807) is 0 Å². The van der Waals surface area contributed by atoms with Crippen molar-refractivity contribution in [2.24, 2.45) is 0 Å². The van der Waals surface area contributed by atoms with Crippen LogP contribution in [0.4, 0.5) is 0 Å². The molecule has 7 heteroatoms. The Kier molecular flexibility index (Phi) is 6.22. The monoisotopic (exact) mass is 475 g/mol. The molecule has 2 heterocycles. The van der Waals surface area contributed by atoms with Gasteiger partial charge in [-0.25, -0.2) is 9.67 Å². The van der Waals surface area contributed by atoms with Crippen molar-refractivity contribution in [1.82, 2.24) is 14.8 Å². The van der Waals surface area contributed by atoms with Crippen LogP contribution in [0, 0.1) is 0 Å². The number of fused-ring (bicyclic) bond motifs is 1. The lowest BCUT2D eigenvalue weighted by Gasteiger charge is -2.36. The van der Waals surface area contributed by atoms with Crippen LogP contribution in [0.15, 0.2) is 41.0 Å². The summed E-state index contributed by atoms with van der Waals surface area (Å²) in [7, 11) is -1.83. The Balaban J connectivity index is 1.93. The summed E-state index contributed by atoms with van der Waals surface area (Å²) in [6.07, 6.45) is 1.92. The van der Waals surface area contributed by atoms with Crippen molar-refractivity contribution in [3.8, 4) is 11.6 Å². The van der Waals surface area contributed by atoms with Crippen LogP contribution in [-0.2, 0) is 11.0 Å². The lowest BCUT2D eigenvalue weighted by Crippen LogP contribution is -2.40. The highest BCUT2D eigenvalue weighted by Gasteiger charge is 2.37. The molecule has 0 N–H and O–H groups in total. The highest BCUT2D eigenvalue weighted by atomic mass is 79.9. The van der Waals surface area contributed by atoms with Gasteiger partial charge < -0.3 is 9.16 Å². The van der Waals surface area contributed by atoms with Crippen molar-refractivity contribution in [2.45, 2.75) is 65.5 Å². The predicted molar refractivity (Wildman–Crippen MR) is 124 cm³/mol. The molecule has 1 aromatic carbocycles. The quantitative estimate of drug-likeness (QED) is 0.382. The third-order valence-corrected chi connectivity index (χ3v) is 10.3. The fraction of sp³-hybridized carbons (Fsp3) is 0.455. The summed E-state index contributed by atoms with van der Waals surface area (Å²) in [6, 6.07) is 9.99. The topological polar surface area (TPSA) is 49.2 Å². The fourth-order valence-electron chi connectivity index (χ4n) is 2.73. The summed E-state index contributed by atoms with van der Waals surface area (Å²) in [5, 5.41) is 5.72. The zero-order valence-corrected chi connectivity index (χ0v) is 20.9. The first kappa shape index (κ1) is 22.0. The van der Waals surface area contributed by atoms with Gasteiger partial charge in [-0.3, -0.25) is 0 Å². The molecule has 0 spiro atoms. The highest BCUT2D eigenvalue weighted by Crippen LogP contribution is 2.37. The van der Waals surface area contributed by atoms with Gasteiger partial charge >= 0.3 is 0 Å². The number of nitrogens with zero attached hydrogens (tertiary/aromatic N) is 3. The van der Waals surface area contributed by atoms with E-state index in [4.69, 9.17) is 14.1 Å². The van der Waals surface area contributed by atoms with Gasteiger partial charge in [0.2, 0.25) is 0 Å². The van der Waals surface area contributed by atoms with Crippen molar-refractivity contribution in [3.05, 3.63) is 46.7 Å². The van der Waals surface area contributed by atoms with Crippen LogP contribution < -0.4 is 4.74 Å². The molecule has 0 aliphatic rings. The van der Waals surface area contributed by atoms with E-state index in [9.17, 15) is 0 Å². The lowest BCUT2D eigenvalue weighted by atomic mass is 10.2. The third-order valence-electron chi connectivity index (χ3n) is 5.37. The van der Waals surface area contributed by atoms with Crippen molar-refractivity contribution in [3.63, 3.8) is 0 Å². The summed E-state index contributed by atoms with van der Waals surface area (Å²) >= 11 is 3.59. The van der Waals surface area contributed by atoms with Crippen molar-refractivity contribution in [1.29, 1.82) is 0 Å². The number of hydrogen-bond acceptors (Lipinski definition) is 4. The second-order valence-electron chi connectivity index (χ2n) is 9.10. The number of aromatic nitrogens is 3. The predicted octanol–water partition coefficient (Wildman–Crippen LogP) is 6.49. The van der Waals surface area contributed by atoms with E-state index in [0.29, 0.717) is 6.61 Å². The van der Waals surface area contributed by atoms with E-state index >= 15 is 0 Å². The Bertz CT molecular complexity index is 1010. The van der Waals surface area contributed by atoms with Crippen LogP contribution in [0.2, 0.25) is 18.1 Å². The molecular weight excluding hydrogens is 446 g/mol. The third kappa shape index (κ3) is 4.90. The Labute approximate surface area is 182 Å². The molecule has 29 heavy (non-hydrogen) atoms. The molecule has 0 fully saturated rings. The Morgan fingerprint density at radius 2 is 1.90 bits per heavy atom. The first-order chi connectivity index (χ1) is 13.5. The van der Waals surface area contributed by atoms with Gasteiger partial charge in [-0.1, -0.05) is 42.8 Å². The van der Waals surface area contributed by atoms with E-state index in [1.165, 1.54) is 0 Å². The minimum Gasteiger partial charge on any atom is -0.490 e. The number of ether oxygens (including phenoxy) is 1. The van der Waals surface area contributed by atoms with E-state index < -0.39 is 8.32 Å². The second kappa shape index (κ2) is 8.20. The molecule has 0 amide bonds. The van der Waals surface area contributed by atoms with Gasteiger partial charge in [-0.15, -0.1) is 0 Å². The molecule has 2 aromatic heterocycles. The van der Waals surface area contributed by atoms with Crippen molar-refractivity contribution in [2.75, 3.05) is 0 Å². The van der Waals surface area contributed by atoms with Crippen LogP contribution in [0.1, 0.15) is 40.3 Å². The number of pyridine rings is 1. The van der Waals surface area contributed by atoms with E-state index in [0.717, 1.165) is 32.6 Å².